The lowest BCUT2D eigenvalue weighted by molar-refractivity contribution is -0.132. The number of ether oxygens (including phenoxy) is 1. The Labute approximate surface area is 222 Å². The van der Waals surface area contributed by atoms with E-state index in [4.69, 9.17) is 4.74 Å². The molecule has 2 heterocycles. The number of rotatable bonds is 7. The van der Waals surface area contributed by atoms with Gasteiger partial charge in [0.15, 0.2) is 0 Å². The molecule has 1 N–H and O–H groups in total. The highest BCUT2D eigenvalue weighted by Crippen LogP contribution is 2.43. The van der Waals surface area contributed by atoms with Crippen molar-refractivity contribution in [3.8, 4) is 5.75 Å². The molecule has 0 aromatic heterocycles. The van der Waals surface area contributed by atoms with Crippen LogP contribution in [-0.4, -0.2) is 36.5 Å². The Hall–Kier alpha value is -4.13. The molecule has 2 aliphatic heterocycles. The Morgan fingerprint density at radius 3 is 2.26 bits per heavy atom. The van der Waals surface area contributed by atoms with Crippen molar-refractivity contribution in [2.75, 3.05) is 29.5 Å². The van der Waals surface area contributed by atoms with Gasteiger partial charge >= 0.3 is 0 Å². The second-order valence-corrected chi connectivity index (χ2v) is 9.76. The monoisotopic (exact) mass is 514 g/mol. The fourth-order valence-electron chi connectivity index (χ4n) is 5.18. The highest BCUT2D eigenvalue weighted by molar-refractivity contribution is 6.51. The number of hydrogen-bond donors (Lipinski definition) is 1. The summed E-state index contributed by atoms with van der Waals surface area (Å²) in [7, 11) is 0. The van der Waals surface area contributed by atoms with Gasteiger partial charge in [0.2, 0.25) is 0 Å². The topological polar surface area (TPSA) is 70.1 Å². The predicted molar refractivity (Wildman–Crippen MR) is 146 cm³/mol. The van der Waals surface area contributed by atoms with Crippen molar-refractivity contribution >= 4 is 28.8 Å². The Kier molecular flexibility index (Phi) is 7.18. The van der Waals surface area contributed by atoms with Crippen LogP contribution in [0.2, 0.25) is 0 Å². The van der Waals surface area contributed by atoms with Gasteiger partial charge in [0.25, 0.3) is 11.7 Å². The molecular formula is C31H31FN2O4. The van der Waals surface area contributed by atoms with E-state index in [0.717, 1.165) is 43.6 Å². The van der Waals surface area contributed by atoms with E-state index >= 15 is 0 Å². The van der Waals surface area contributed by atoms with Crippen molar-refractivity contribution < 1.29 is 23.8 Å². The average molecular weight is 515 g/mol. The van der Waals surface area contributed by atoms with Gasteiger partial charge in [-0.3, -0.25) is 14.5 Å². The number of benzene rings is 3. The first-order valence-corrected chi connectivity index (χ1v) is 13.0. The molecule has 5 rings (SSSR count). The molecule has 3 aromatic carbocycles. The summed E-state index contributed by atoms with van der Waals surface area (Å²) in [5.74, 6) is -1.55. The summed E-state index contributed by atoms with van der Waals surface area (Å²) in [4.78, 5) is 30.5. The van der Waals surface area contributed by atoms with E-state index in [0.29, 0.717) is 29.2 Å². The summed E-state index contributed by atoms with van der Waals surface area (Å²) in [6, 6.07) is 17.4. The lowest BCUT2D eigenvalue weighted by Gasteiger charge is -2.26. The quantitative estimate of drug-likeness (QED) is 0.233. The molecule has 6 nitrogen and oxygen atoms in total. The number of aryl methyl sites for hydroxylation is 1. The van der Waals surface area contributed by atoms with Crippen LogP contribution in [0.5, 0.6) is 5.75 Å². The van der Waals surface area contributed by atoms with Crippen LogP contribution in [0.3, 0.4) is 0 Å². The van der Waals surface area contributed by atoms with Gasteiger partial charge in [0.1, 0.15) is 17.3 Å². The first kappa shape index (κ1) is 25.5. The largest absolute Gasteiger partial charge is 0.507 e. The molecule has 7 heteroatoms. The Bertz CT molecular complexity index is 1380. The van der Waals surface area contributed by atoms with Crippen molar-refractivity contribution in [3.05, 3.63) is 94.8 Å². The van der Waals surface area contributed by atoms with Crippen molar-refractivity contribution in [2.45, 2.75) is 39.2 Å². The first-order valence-electron chi connectivity index (χ1n) is 13.0. The molecule has 3 aromatic rings. The molecule has 2 fully saturated rings. The fourth-order valence-corrected chi connectivity index (χ4v) is 5.18. The van der Waals surface area contributed by atoms with Crippen LogP contribution in [0.1, 0.15) is 48.9 Å². The third-order valence-electron chi connectivity index (χ3n) is 7.14. The van der Waals surface area contributed by atoms with E-state index in [-0.39, 0.29) is 11.3 Å². The molecule has 38 heavy (non-hydrogen) atoms. The maximum atomic E-state index is 13.8. The smallest absolute Gasteiger partial charge is 0.300 e. The maximum absolute atomic E-state index is 13.8. The van der Waals surface area contributed by atoms with Crippen molar-refractivity contribution in [2.24, 2.45) is 0 Å². The summed E-state index contributed by atoms with van der Waals surface area (Å²) in [5, 5.41) is 11.4. The van der Waals surface area contributed by atoms with Gasteiger partial charge in [-0.25, -0.2) is 4.39 Å². The number of aliphatic hydroxyl groups is 1. The van der Waals surface area contributed by atoms with Crippen LogP contribution in [0.4, 0.5) is 15.8 Å². The van der Waals surface area contributed by atoms with Gasteiger partial charge in [0.05, 0.1) is 18.2 Å². The van der Waals surface area contributed by atoms with Crippen LogP contribution >= 0.6 is 0 Å². The molecule has 1 unspecified atom stereocenters. The molecule has 0 aliphatic carbocycles. The number of ketones is 1. The third kappa shape index (κ3) is 4.76. The molecule has 0 radical (unpaired) electrons. The molecule has 0 spiro atoms. The van der Waals surface area contributed by atoms with E-state index in [9.17, 15) is 19.1 Å². The highest BCUT2D eigenvalue weighted by Gasteiger charge is 2.47. The number of Topliss-reactive ketones (excluding diaryl/α,β-unsaturated/α-hetero) is 1. The zero-order valence-corrected chi connectivity index (χ0v) is 21.6. The maximum Gasteiger partial charge on any atom is 0.300 e. The van der Waals surface area contributed by atoms with Gasteiger partial charge in [-0.1, -0.05) is 19.1 Å². The van der Waals surface area contributed by atoms with Gasteiger partial charge in [0, 0.05) is 30.0 Å². The Morgan fingerprint density at radius 1 is 0.974 bits per heavy atom. The van der Waals surface area contributed by atoms with Crippen LogP contribution in [0, 0.1) is 12.7 Å². The lowest BCUT2D eigenvalue weighted by atomic mass is 9.94. The lowest BCUT2D eigenvalue weighted by Crippen LogP contribution is -2.29. The summed E-state index contributed by atoms with van der Waals surface area (Å²) in [6.07, 6.45) is 3.15. The normalized spacial score (nSPS) is 18.9. The second-order valence-electron chi connectivity index (χ2n) is 9.76. The third-order valence-corrected chi connectivity index (χ3v) is 7.14. The van der Waals surface area contributed by atoms with Crippen LogP contribution in [0.15, 0.2) is 72.3 Å². The molecule has 0 saturated carbocycles. The van der Waals surface area contributed by atoms with Gasteiger partial charge in [-0.15, -0.1) is 0 Å². The Balaban J connectivity index is 1.59. The minimum absolute atomic E-state index is 0.0353. The van der Waals surface area contributed by atoms with Gasteiger partial charge in [-0.05, 0) is 91.9 Å². The predicted octanol–water partition coefficient (Wildman–Crippen LogP) is 6.15. The van der Waals surface area contributed by atoms with E-state index in [1.54, 1.807) is 18.2 Å². The number of halogens is 1. The number of hydrogen-bond acceptors (Lipinski definition) is 5. The van der Waals surface area contributed by atoms with Crippen LogP contribution in [-0.2, 0) is 9.59 Å². The standard InChI is InChI=1S/C31H31FN2O4/c1-3-18-38-26-15-8-22(19-20(26)2)29(35)27-28(21-6-9-23(32)10-7-21)34(31(37)30(27)36)25-13-11-24(12-14-25)33-16-4-5-17-33/h6-15,19,28,35H,3-5,16-18H2,1-2H3/b29-27-. The molecule has 0 bridgehead atoms. The molecule has 1 atom stereocenters. The van der Waals surface area contributed by atoms with E-state index in [1.807, 2.05) is 38.1 Å². The fraction of sp³-hybridized carbons (Fsp3) is 0.290. The van der Waals surface area contributed by atoms with Gasteiger partial charge < -0.3 is 14.7 Å². The minimum atomic E-state index is -0.912. The summed E-state index contributed by atoms with van der Waals surface area (Å²) in [5.41, 5.74) is 3.28. The average Bonchev–Trinajstić information content (AvgIpc) is 3.55. The van der Waals surface area contributed by atoms with E-state index in [1.165, 1.54) is 29.2 Å². The zero-order valence-electron chi connectivity index (χ0n) is 21.6. The number of amides is 1. The summed E-state index contributed by atoms with van der Waals surface area (Å²) >= 11 is 0. The number of aliphatic hydroxyl groups excluding tert-OH is 1. The van der Waals surface area contributed by atoms with Crippen molar-refractivity contribution in [1.29, 1.82) is 0 Å². The minimum Gasteiger partial charge on any atom is -0.507 e. The van der Waals surface area contributed by atoms with Crippen LogP contribution < -0.4 is 14.5 Å². The number of nitrogens with zero attached hydrogens (tertiary/aromatic N) is 2. The van der Waals surface area contributed by atoms with E-state index in [2.05, 4.69) is 4.90 Å². The Morgan fingerprint density at radius 2 is 1.63 bits per heavy atom. The van der Waals surface area contributed by atoms with Gasteiger partial charge in [-0.2, -0.15) is 0 Å². The highest BCUT2D eigenvalue weighted by atomic mass is 19.1. The van der Waals surface area contributed by atoms with Crippen molar-refractivity contribution in [3.63, 3.8) is 0 Å². The van der Waals surface area contributed by atoms with Crippen LogP contribution in [0.25, 0.3) is 5.76 Å². The van der Waals surface area contributed by atoms with Crippen molar-refractivity contribution in [1.82, 2.24) is 0 Å². The molecule has 196 valence electrons. The molecule has 1 amide bonds. The molecule has 2 saturated heterocycles. The number of carbonyl (C=O) groups excluding carboxylic acids is 2. The summed E-state index contributed by atoms with van der Waals surface area (Å²) in [6.45, 7) is 6.42. The zero-order chi connectivity index (χ0) is 26.8. The number of carbonyl (C=O) groups is 2. The molecule has 2 aliphatic rings. The summed E-state index contributed by atoms with van der Waals surface area (Å²) < 4.78 is 19.5. The molecular weight excluding hydrogens is 483 g/mol. The van der Waals surface area contributed by atoms with E-state index < -0.39 is 23.5 Å². The first-order chi connectivity index (χ1) is 18.4. The second kappa shape index (κ2) is 10.7. The SMILES string of the molecule is CCCOc1ccc(/C(O)=C2/C(=O)C(=O)N(c3ccc(N4CCCC4)cc3)C2c2ccc(F)cc2)cc1C. The number of anilines is 2.